The molecule has 6 heteroatoms. The van der Waals surface area contributed by atoms with E-state index < -0.39 is 5.91 Å². The number of rotatable bonds is 3. The molecule has 1 fully saturated rings. The van der Waals surface area contributed by atoms with Gasteiger partial charge in [0.15, 0.2) is 0 Å². The normalized spacial score (nSPS) is 14.6. The van der Waals surface area contributed by atoms with Gasteiger partial charge < -0.3 is 15.6 Å². The van der Waals surface area contributed by atoms with E-state index in [1.54, 1.807) is 12.3 Å². The molecule has 0 bridgehead atoms. The molecule has 4 heterocycles. The van der Waals surface area contributed by atoms with Crippen LogP contribution < -0.4 is 10.6 Å². The van der Waals surface area contributed by atoms with Crippen molar-refractivity contribution in [2.45, 2.75) is 26.2 Å². The Balaban J connectivity index is 1.69. The lowest BCUT2D eigenvalue weighted by molar-refractivity contribution is 0.100. The topological polar surface area (TPSA) is 87.9 Å². The molecule has 29 heavy (non-hydrogen) atoms. The van der Waals surface area contributed by atoms with E-state index in [-0.39, 0.29) is 0 Å². The molecule has 0 aliphatic carbocycles. The summed E-state index contributed by atoms with van der Waals surface area (Å²) in [6.07, 6.45) is 5.53. The van der Waals surface area contributed by atoms with E-state index in [1.165, 1.54) is 24.9 Å². The minimum absolute atomic E-state index is 0.446. The van der Waals surface area contributed by atoms with Crippen molar-refractivity contribution in [1.29, 1.82) is 0 Å². The number of piperidine rings is 1. The van der Waals surface area contributed by atoms with Crippen molar-refractivity contribution in [2.24, 2.45) is 5.73 Å². The maximum atomic E-state index is 12.2. The average molecular weight is 385 g/mol. The van der Waals surface area contributed by atoms with Crippen molar-refractivity contribution in [1.82, 2.24) is 15.0 Å². The summed E-state index contributed by atoms with van der Waals surface area (Å²) in [5.74, 6) is -0.471. The lowest BCUT2D eigenvalue weighted by Gasteiger charge is -2.28. The Morgan fingerprint density at radius 3 is 2.66 bits per heavy atom. The molecule has 1 amide bonds. The number of H-pyrrole nitrogens is 1. The number of fused-ring (bicyclic) bond motifs is 3. The minimum Gasteiger partial charge on any atom is -0.371 e. The van der Waals surface area contributed by atoms with Crippen molar-refractivity contribution >= 4 is 33.5 Å². The van der Waals surface area contributed by atoms with Gasteiger partial charge in [-0.1, -0.05) is 0 Å². The van der Waals surface area contributed by atoms with Gasteiger partial charge in [0, 0.05) is 41.6 Å². The number of amides is 1. The Hall–Kier alpha value is -3.41. The van der Waals surface area contributed by atoms with Crippen LogP contribution >= 0.6 is 0 Å². The van der Waals surface area contributed by atoms with Gasteiger partial charge in [-0.25, -0.2) is 4.98 Å². The number of carbonyl (C=O) groups excluding carboxylic acids is 1. The molecule has 5 rings (SSSR count). The molecule has 3 N–H and O–H groups in total. The highest BCUT2D eigenvalue weighted by Crippen LogP contribution is 2.32. The monoisotopic (exact) mass is 385 g/mol. The van der Waals surface area contributed by atoms with Gasteiger partial charge in [0.1, 0.15) is 0 Å². The number of primary amides is 1. The number of benzene rings is 1. The van der Waals surface area contributed by atoms with Gasteiger partial charge in [-0.3, -0.25) is 9.78 Å². The molecule has 1 aliphatic rings. The van der Waals surface area contributed by atoms with E-state index in [2.05, 4.69) is 33.1 Å². The Kier molecular flexibility index (Phi) is 4.19. The smallest absolute Gasteiger partial charge is 0.250 e. The first-order valence-electron chi connectivity index (χ1n) is 10.0. The maximum Gasteiger partial charge on any atom is 0.250 e. The van der Waals surface area contributed by atoms with Gasteiger partial charge in [-0.05, 0) is 62.6 Å². The number of nitrogens with one attached hydrogen (secondary N) is 1. The van der Waals surface area contributed by atoms with Crippen molar-refractivity contribution in [3.05, 3.63) is 53.9 Å². The molecule has 6 nitrogen and oxygen atoms in total. The van der Waals surface area contributed by atoms with Gasteiger partial charge >= 0.3 is 0 Å². The van der Waals surface area contributed by atoms with Crippen LogP contribution in [0.2, 0.25) is 0 Å². The zero-order valence-electron chi connectivity index (χ0n) is 16.4. The van der Waals surface area contributed by atoms with E-state index in [0.29, 0.717) is 16.8 Å². The summed E-state index contributed by atoms with van der Waals surface area (Å²) in [4.78, 5) is 27.2. The van der Waals surface area contributed by atoms with Crippen LogP contribution in [0.15, 0.2) is 42.6 Å². The van der Waals surface area contributed by atoms with E-state index in [1.807, 2.05) is 19.1 Å². The van der Waals surface area contributed by atoms with E-state index in [4.69, 9.17) is 10.7 Å². The number of anilines is 1. The number of pyridine rings is 2. The molecule has 3 aromatic heterocycles. The van der Waals surface area contributed by atoms with Gasteiger partial charge in [-0.2, -0.15) is 0 Å². The summed E-state index contributed by atoms with van der Waals surface area (Å²) < 4.78 is 0. The molecule has 1 saturated heterocycles. The number of aryl methyl sites for hydroxylation is 1. The fraction of sp³-hybridized carbons (Fsp3) is 0.261. The lowest BCUT2D eigenvalue weighted by Crippen LogP contribution is -2.29. The van der Waals surface area contributed by atoms with Crippen LogP contribution in [0.1, 0.15) is 35.3 Å². The molecular formula is C23H23N5O. The number of nitrogens with zero attached hydrogens (tertiary/aromatic N) is 3. The van der Waals surface area contributed by atoms with Crippen LogP contribution in [-0.4, -0.2) is 33.9 Å². The van der Waals surface area contributed by atoms with Crippen molar-refractivity contribution in [3.63, 3.8) is 0 Å². The second kappa shape index (κ2) is 6.88. The largest absolute Gasteiger partial charge is 0.371 e. The molecule has 4 aromatic rings. The number of aromatic amines is 1. The summed E-state index contributed by atoms with van der Waals surface area (Å²) in [5.41, 5.74) is 12.3. The predicted octanol–water partition coefficient (Wildman–Crippen LogP) is 4.18. The van der Waals surface area contributed by atoms with E-state index in [0.717, 1.165) is 40.8 Å². The maximum absolute atomic E-state index is 12.2. The third-order valence-electron chi connectivity index (χ3n) is 5.73. The Morgan fingerprint density at radius 1 is 1.10 bits per heavy atom. The Bertz CT molecular complexity index is 1220. The van der Waals surface area contributed by atoms with E-state index >= 15 is 0 Å². The first-order chi connectivity index (χ1) is 14.1. The first-order valence-corrected chi connectivity index (χ1v) is 10.0. The Labute approximate surface area is 168 Å². The highest BCUT2D eigenvalue weighted by Gasteiger charge is 2.18. The summed E-state index contributed by atoms with van der Waals surface area (Å²) in [7, 11) is 0. The number of aromatic nitrogens is 3. The first kappa shape index (κ1) is 17.7. The summed E-state index contributed by atoms with van der Waals surface area (Å²) in [6.45, 7) is 4.11. The van der Waals surface area contributed by atoms with Crippen molar-refractivity contribution < 1.29 is 4.79 Å². The summed E-state index contributed by atoms with van der Waals surface area (Å²) >= 11 is 0. The SMILES string of the molecule is Cc1ccc(-c2cc(C(N)=O)c3[nH]c4cc(N5CCCCC5)ccc4c3n2)cn1. The molecule has 1 aliphatic heterocycles. The second-order valence-corrected chi connectivity index (χ2v) is 7.73. The number of hydrogen-bond donors (Lipinski definition) is 2. The van der Waals surface area contributed by atoms with Crippen LogP contribution in [0.25, 0.3) is 33.2 Å². The molecule has 0 unspecified atom stereocenters. The van der Waals surface area contributed by atoms with Gasteiger partial charge in [0.05, 0.1) is 27.8 Å². The molecule has 0 radical (unpaired) electrons. The average Bonchev–Trinajstić information content (AvgIpc) is 3.12. The Morgan fingerprint density at radius 2 is 1.93 bits per heavy atom. The molecule has 0 spiro atoms. The quantitative estimate of drug-likeness (QED) is 0.554. The number of nitrogens with two attached hydrogens (primary N) is 1. The molecule has 146 valence electrons. The minimum atomic E-state index is -0.471. The van der Waals surface area contributed by atoms with Gasteiger partial charge in [-0.15, -0.1) is 0 Å². The number of hydrogen-bond acceptors (Lipinski definition) is 4. The third-order valence-corrected chi connectivity index (χ3v) is 5.73. The molecule has 0 atom stereocenters. The van der Waals surface area contributed by atoms with Crippen molar-refractivity contribution in [2.75, 3.05) is 18.0 Å². The zero-order valence-corrected chi connectivity index (χ0v) is 16.4. The van der Waals surface area contributed by atoms with Crippen molar-refractivity contribution in [3.8, 4) is 11.3 Å². The highest BCUT2D eigenvalue weighted by atomic mass is 16.1. The second-order valence-electron chi connectivity index (χ2n) is 7.73. The van der Waals surface area contributed by atoms with Crippen LogP contribution in [0.3, 0.4) is 0 Å². The zero-order chi connectivity index (χ0) is 20.0. The third kappa shape index (κ3) is 3.10. The molecule has 1 aromatic carbocycles. The fourth-order valence-electron chi connectivity index (χ4n) is 4.15. The van der Waals surface area contributed by atoms with Crippen LogP contribution in [0, 0.1) is 6.92 Å². The van der Waals surface area contributed by atoms with Gasteiger partial charge in [0.25, 0.3) is 5.91 Å². The van der Waals surface area contributed by atoms with Gasteiger partial charge in [0.2, 0.25) is 0 Å². The number of carbonyl (C=O) groups is 1. The van der Waals surface area contributed by atoms with E-state index in [9.17, 15) is 4.79 Å². The highest BCUT2D eigenvalue weighted by molar-refractivity contribution is 6.14. The predicted molar refractivity (Wildman–Crippen MR) is 116 cm³/mol. The molecular weight excluding hydrogens is 362 g/mol. The van der Waals surface area contributed by atoms with Crippen LogP contribution in [0.5, 0.6) is 0 Å². The summed E-state index contributed by atoms with van der Waals surface area (Å²) in [6, 6.07) is 12.0. The van der Waals surface area contributed by atoms with Crippen LogP contribution in [-0.2, 0) is 0 Å². The van der Waals surface area contributed by atoms with Crippen LogP contribution in [0.4, 0.5) is 5.69 Å². The standard InChI is InChI=1S/C23H23N5O/c1-14-5-6-15(13-25-14)19-12-18(23(24)29)22-21(26-19)17-8-7-16(11-20(17)27-22)28-9-3-2-4-10-28/h5-8,11-13,27H,2-4,9-10H2,1H3,(H2,24,29). The fourth-order valence-corrected chi connectivity index (χ4v) is 4.15. The molecule has 0 saturated carbocycles. The summed E-state index contributed by atoms with van der Waals surface area (Å²) in [5, 5.41) is 0.991. The lowest BCUT2D eigenvalue weighted by atomic mass is 10.1.